The van der Waals surface area contributed by atoms with E-state index in [-0.39, 0.29) is 23.3 Å². The number of halogens is 3. The van der Waals surface area contributed by atoms with Crippen LogP contribution in [0.1, 0.15) is 5.56 Å². The monoisotopic (exact) mass is 312 g/mol. The van der Waals surface area contributed by atoms with Gasteiger partial charge in [-0.3, -0.25) is 4.79 Å². The minimum absolute atomic E-state index is 0.168. The first-order valence-corrected chi connectivity index (χ1v) is 6.14. The molecule has 0 aliphatic heterocycles. The molecular formula is C15H11F3O4. The van der Waals surface area contributed by atoms with Gasteiger partial charge < -0.3 is 14.9 Å². The molecule has 0 saturated heterocycles. The lowest BCUT2D eigenvalue weighted by molar-refractivity contribution is -0.274. The van der Waals surface area contributed by atoms with Crippen LogP contribution in [0.2, 0.25) is 0 Å². The Morgan fingerprint density at radius 3 is 2.50 bits per heavy atom. The lowest BCUT2D eigenvalue weighted by atomic mass is 10.0. The molecule has 2 aromatic carbocycles. The number of benzene rings is 2. The van der Waals surface area contributed by atoms with Gasteiger partial charge >= 0.3 is 12.3 Å². The number of alkyl halides is 3. The fraction of sp³-hybridized carbons (Fsp3) is 0.133. The smallest absolute Gasteiger partial charge is 0.507 e. The summed E-state index contributed by atoms with van der Waals surface area (Å²) in [7, 11) is 0. The van der Waals surface area contributed by atoms with E-state index in [1.807, 2.05) is 0 Å². The summed E-state index contributed by atoms with van der Waals surface area (Å²) in [5.41, 5.74) is 0.931. The van der Waals surface area contributed by atoms with Crippen LogP contribution >= 0.6 is 0 Å². The Kier molecular flexibility index (Phi) is 4.25. The largest absolute Gasteiger partial charge is 0.573 e. The van der Waals surface area contributed by atoms with Crippen LogP contribution in [0.3, 0.4) is 0 Å². The highest BCUT2D eigenvalue weighted by molar-refractivity contribution is 5.75. The van der Waals surface area contributed by atoms with E-state index in [4.69, 9.17) is 5.11 Å². The number of aliphatic carboxylic acids is 1. The van der Waals surface area contributed by atoms with Crippen LogP contribution in [0.15, 0.2) is 42.5 Å². The second kappa shape index (κ2) is 5.97. The number of phenolic OH excluding ortho intramolecular Hbond substituents is 1. The van der Waals surface area contributed by atoms with Crippen molar-refractivity contribution in [3.63, 3.8) is 0 Å². The topological polar surface area (TPSA) is 66.8 Å². The summed E-state index contributed by atoms with van der Waals surface area (Å²) in [6.07, 6.45) is -5.07. The molecule has 0 aromatic heterocycles. The second-order valence-electron chi connectivity index (χ2n) is 4.50. The Morgan fingerprint density at radius 2 is 1.86 bits per heavy atom. The van der Waals surface area contributed by atoms with Crippen molar-refractivity contribution in [2.24, 2.45) is 0 Å². The van der Waals surface area contributed by atoms with Gasteiger partial charge in [0, 0.05) is 5.56 Å². The molecule has 0 fully saturated rings. The lowest BCUT2D eigenvalue weighted by Gasteiger charge is -2.11. The van der Waals surface area contributed by atoms with Crippen molar-refractivity contribution in [2.45, 2.75) is 12.8 Å². The van der Waals surface area contributed by atoms with Crippen molar-refractivity contribution in [1.29, 1.82) is 0 Å². The zero-order valence-corrected chi connectivity index (χ0v) is 11.1. The fourth-order valence-electron chi connectivity index (χ4n) is 1.96. The molecule has 0 aliphatic rings. The number of rotatable bonds is 4. The fourth-order valence-corrected chi connectivity index (χ4v) is 1.96. The molecule has 2 aromatic rings. The highest BCUT2D eigenvalue weighted by atomic mass is 19.4. The predicted octanol–water partition coefficient (Wildman–Crippen LogP) is 3.58. The van der Waals surface area contributed by atoms with E-state index >= 15 is 0 Å². The number of aromatic hydroxyl groups is 1. The van der Waals surface area contributed by atoms with E-state index in [1.165, 1.54) is 30.3 Å². The second-order valence-corrected chi connectivity index (χ2v) is 4.50. The third kappa shape index (κ3) is 4.15. The number of phenols is 1. The lowest BCUT2D eigenvalue weighted by Crippen LogP contribution is -2.17. The van der Waals surface area contributed by atoms with Gasteiger partial charge in [0.15, 0.2) is 0 Å². The molecule has 0 aliphatic carbocycles. The Hall–Kier alpha value is -2.70. The van der Waals surface area contributed by atoms with Crippen molar-refractivity contribution < 1.29 is 32.9 Å². The van der Waals surface area contributed by atoms with Gasteiger partial charge in [-0.2, -0.15) is 0 Å². The van der Waals surface area contributed by atoms with Crippen molar-refractivity contribution in [1.82, 2.24) is 0 Å². The number of carboxylic acids is 1. The minimum atomic E-state index is -4.81. The first kappa shape index (κ1) is 15.7. The summed E-state index contributed by atoms with van der Waals surface area (Å²) < 4.78 is 40.5. The highest BCUT2D eigenvalue weighted by Crippen LogP contribution is 2.33. The van der Waals surface area contributed by atoms with Crippen LogP contribution in [0, 0.1) is 0 Å². The van der Waals surface area contributed by atoms with Crippen molar-refractivity contribution in [2.75, 3.05) is 0 Å². The molecule has 0 spiro atoms. The maximum atomic E-state index is 12.2. The summed E-state index contributed by atoms with van der Waals surface area (Å²) in [6.45, 7) is 0. The molecule has 0 amide bonds. The molecule has 0 unspecified atom stereocenters. The van der Waals surface area contributed by atoms with Gasteiger partial charge in [0.1, 0.15) is 11.5 Å². The molecule has 0 radical (unpaired) electrons. The quantitative estimate of drug-likeness (QED) is 0.905. The van der Waals surface area contributed by atoms with Gasteiger partial charge in [-0.1, -0.05) is 18.2 Å². The van der Waals surface area contributed by atoms with E-state index in [9.17, 15) is 23.1 Å². The third-order valence-electron chi connectivity index (χ3n) is 2.79. The molecule has 0 heterocycles. The minimum Gasteiger partial charge on any atom is -0.507 e. The predicted molar refractivity (Wildman–Crippen MR) is 71.6 cm³/mol. The average Bonchev–Trinajstić information content (AvgIpc) is 2.39. The van der Waals surface area contributed by atoms with Crippen LogP contribution in [-0.4, -0.2) is 22.5 Å². The van der Waals surface area contributed by atoms with Gasteiger partial charge in [0.2, 0.25) is 0 Å². The standard InChI is InChI=1S/C15H11F3O4/c16-15(17,18)22-11-3-1-2-10(8-11)12-6-9(7-14(20)21)4-5-13(12)19/h1-6,8,19H,7H2,(H,20,21). The Balaban J connectivity index is 2.38. The van der Waals surface area contributed by atoms with E-state index in [0.717, 1.165) is 12.1 Å². The third-order valence-corrected chi connectivity index (χ3v) is 2.79. The molecule has 22 heavy (non-hydrogen) atoms. The highest BCUT2D eigenvalue weighted by Gasteiger charge is 2.31. The van der Waals surface area contributed by atoms with Gasteiger partial charge in [-0.05, 0) is 35.4 Å². The molecule has 2 N–H and O–H groups in total. The zero-order valence-electron chi connectivity index (χ0n) is 11.1. The first-order valence-electron chi connectivity index (χ1n) is 6.14. The van der Waals surface area contributed by atoms with Gasteiger partial charge in [-0.15, -0.1) is 13.2 Å². The number of carbonyl (C=O) groups is 1. The molecule has 0 bridgehead atoms. The van der Waals surface area contributed by atoms with Crippen molar-refractivity contribution in [3.05, 3.63) is 48.0 Å². The molecule has 4 nitrogen and oxygen atoms in total. The van der Waals surface area contributed by atoms with Crippen LogP contribution in [-0.2, 0) is 11.2 Å². The number of hydrogen-bond donors (Lipinski definition) is 2. The van der Waals surface area contributed by atoms with Gasteiger partial charge in [-0.25, -0.2) is 0 Å². The van der Waals surface area contributed by atoms with E-state index < -0.39 is 18.1 Å². The van der Waals surface area contributed by atoms with Crippen molar-refractivity contribution >= 4 is 5.97 Å². The number of hydrogen-bond acceptors (Lipinski definition) is 3. The summed E-state index contributed by atoms with van der Waals surface area (Å²) in [4.78, 5) is 10.7. The average molecular weight is 312 g/mol. The van der Waals surface area contributed by atoms with Gasteiger partial charge in [0.05, 0.1) is 6.42 Å². The van der Waals surface area contributed by atoms with E-state index in [0.29, 0.717) is 5.56 Å². The van der Waals surface area contributed by atoms with E-state index in [2.05, 4.69) is 4.74 Å². The first-order chi connectivity index (χ1) is 10.2. The molecular weight excluding hydrogens is 301 g/mol. The van der Waals surface area contributed by atoms with Crippen LogP contribution in [0.5, 0.6) is 11.5 Å². The summed E-state index contributed by atoms with van der Waals surface area (Å²) in [5, 5.41) is 18.6. The van der Waals surface area contributed by atoms with Crippen LogP contribution < -0.4 is 4.74 Å². The molecule has 116 valence electrons. The molecule has 0 atom stereocenters. The Bertz CT molecular complexity index is 695. The molecule has 7 heteroatoms. The number of carboxylic acid groups (broad SMARTS) is 1. The van der Waals surface area contributed by atoms with Crippen molar-refractivity contribution in [3.8, 4) is 22.6 Å². The molecule has 2 rings (SSSR count). The SMILES string of the molecule is O=C(O)Cc1ccc(O)c(-c2cccc(OC(F)(F)F)c2)c1. The molecule has 0 saturated carbocycles. The normalized spacial score (nSPS) is 11.2. The van der Waals surface area contributed by atoms with Gasteiger partial charge in [0.25, 0.3) is 0 Å². The summed E-state index contributed by atoms with van der Waals surface area (Å²) in [6, 6.07) is 9.23. The maximum Gasteiger partial charge on any atom is 0.573 e. The Morgan fingerprint density at radius 1 is 1.14 bits per heavy atom. The van der Waals surface area contributed by atoms with E-state index in [1.54, 1.807) is 0 Å². The maximum absolute atomic E-state index is 12.2. The zero-order chi connectivity index (χ0) is 16.3. The number of ether oxygens (including phenoxy) is 1. The van der Waals surface area contributed by atoms with Crippen LogP contribution in [0.4, 0.5) is 13.2 Å². The summed E-state index contributed by atoms with van der Waals surface area (Å²) in [5.74, 6) is -1.64. The van der Waals surface area contributed by atoms with Crippen LogP contribution in [0.25, 0.3) is 11.1 Å². The Labute approximate surface area is 123 Å². The summed E-state index contributed by atoms with van der Waals surface area (Å²) >= 11 is 0.